The number of amides is 3. The Labute approximate surface area is 244 Å². The maximum Gasteiger partial charge on any atom is 0.254 e. The molecule has 1 atom stereocenters. The van der Waals surface area contributed by atoms with Gasteiger partial charge in [-0.2, -0.15) is 0 Å². The summed E-state index contributed by atoms with van der Waals surface area (Å²) in [6.07, 6.45) is 1.73. The number of hydrogen-bond donors (Lipinski definition) is 2. The van der Waals surface area contributed by atoms with Gasteiger partial charge in [0.1, 0.15) is 0 Å². The molecule has 2 N–H and O–H groups in total. The summed E-state index contributed by atoms with van der Waals surface area (Å²) in [5, 5.41) is 15.3. The standard InChI is InChI=1S/C30H36N6O4S/c1-5-12-36-27(26(20(2)3)32-28(38)22-9-6-8-21(4)17-22)33-34-30(36)41-19-25(37)31-24-11-7-10-23(18-24)29(39)35-13-15-40-16-14-35/h5-11,17-18,20,26H,1,12-16,19H2,2-4H3,(H,31,37)(H,32,38)/t26-/m1/s1. The zero-order valence-electron chi connectivity index (χ0n) is 23.6. The summed E-state index contributed by atoms with van der Waals surface area (Å²) < 4.78 is 7.19. The van der Waals surface area contributed by atoms with Crippen molar-refractivity contribution in [2.24, 2.45) is 5.92 Å². The zero-order chi connectivity index (χ0) is 29.4. The van der Waals surface area contributed by atoms with E-state index in [0.29, 0.717) is 60.6 Å². The fraction of sp³-hybridized carbons (Fsp3) is 0.367. The van der Waals surface area contributed by atoms with E-state index < -0.39 is 6.04 Å². The normalized spacial score (nSPS) is 14.0. The molecule has 1 fully saturated rings. The molecule has 3 aromatic rings. The molecule has 216 valence electrons. The average Bonchev–Trinajstić information content (AvgIpc) is 3.36. The number of benzene rings is 2. The lowest BCUT2D eigenvalue weighted by Crippen LogP contribution is -2.40. The molecule has 2 aromatic carbocycles. The molecule has 4 rings (SSSR count). The van der Waals surface area contributed by atoms with E-state index in [0.717, 1.165) is 5.56 Å². The van der Waals surface area contributed by atoms with Crippen molar-refractivity contribution < 1.29 is 19.1 Å². The highest BCUT2D eigenvalue weighted by atomic mass is 32.2. The van der Waals surface area contributed by atoms with Crippen LogP contribution in [-0.2, 0) is 16.1 Å². The molecule has 1 aliphatic heterocycles. The van der Waals surface area contributed by atoms with E-state index >= 15 is 0 Å². The van der Waals surface area contributed by atoms with E-state index in [4.69, 9.17) is 4.74 Å². The van der Waals surface area contributed by atoms with Crippen LogP contribution in [0.15, 0.2) is 66.3 Å². The van der Waals surface area contributed by atoms with Crippen LogP contribution in [0.4, 0.5) is 5.69 Å². The minimum absolute atomic E-state index is 0.0325. The molecule has 0 unspecified atom stereocenters. The van der Waals surface area contributed by atoms with Crippen LogP contribution in [0.3, 0.4) is 0 Å². The van der Waals surface area contributed by atoms with Crippen LogP contribution in [0, 0.1) is 12.8 Å². The number of thioether (sulfide) groups is 1. The van der Waals surface area contributed by atoms with Crippen molar-refractivity contribution in [1.29, 1.82) is 0 Å². The Kier molecular flexibility index (Phi) is 10.3. The van der Waals surface area contributed by atoms with Gasteiger partial charge in [0.15, 0.2) is 11.0 Å². The summed E-state index contributed by atoms with van der Waals surface area (Å²) in [5.41, 5.74) is 2.63. The number of anilines is 1. The predicted molar refractivity (Wildman–Crippen MR) is 159 cm³/mol. The minimum Gasteiger partial charge on any atom is -0.378 e. The second-order valence-electron chi connectivity index (χ2n) is 10.1. The molecular weight excluding hydrogens is 540 g/mol. The second kappa shape index (κ2) is 14.1. The first-order valence-electron chi connectivity index (χ1n) is 13.6. The first kappa shape index (κ1) is 30.0. The molecular formula is C30H36N6O4S. The van der Waals surface area contributed by atoms with Crippen LogP contribution >= 0.6 is 11.8 Å². The Morgan fingerprint density at radius 3 is 2.51 bits per heavy atom. The van der Waals surface area contributed by atoms with Gasteiger partial charge >= 0.3 is 0 Å². The Morgan fingerprint density at radius 2 is 1.80 bits per heavy atom. The molecule has 41 heavy (non-hydrogen) atoms. The van der Waals surface area contributed by atoms with Crippen molar-refractivity contribution in [3.63, 3.8) is 0 Å². The smallest absolute Gasteiger partial charge is 0.254 e. The molecule has 0 saturated carbocycles. The van der Waals surface area contributed by atoms with Crippen molar-refractivity contribution in [3.05, 3.63) is 83.7 Å². The first-order chi connectivity index (χ1) is 19.8. The molecule has 2 heterocycles. The molecule has 0 bridgehead atoms. The topological polar surface area (TPSA) is 118 Å². The fourth-order valence-corrected chi connectivity index (χ4v) is 5.24. The quantitative estimate of drug-likeness (QED) is 0.261. The molecule has 0 radical (unpaired) electrons. The Balaban J connectivity index is 1.42. The molecule has 0 spiro atoms. The van der Waals surface area contributed by atoms with Crippen molar-refractivity contribution in [2.75, 3.05) is 37.4 Å². The van der Waals surface area contributed by atoms with E-state index in [-0.39, 0.29) is 29.4 Å². The van der Waals surface area contributed by atoms with Gasteiger partial charge in [-0.1, -0.05) is 55.4 Å². The highest BCUT2D eigenvalue weighted by Crippen LogP contribution is 2.26. The fourth-order valence-electron chi connectivity index (χ4n) is 4.48. The van der Waals surface area contributed by atoms with Crippen LogP contribution < -0.4 is 10.6 Å². The van der Waals surface area contributed by atoms with Crippen LogP contribution in [-0.4, -0.2) is 69.4 Å². The van der Waals surface area contributed by atoms with Gasteiger partial charge < -0.3 is 24.8 Å². The maximum absolute atomic E-state index is 13.0. The number of nitrogens with zero attached hydrogens (tertiary/aromatic N) is 4. The molecule has 0 aliphatic carbocycles. The van der Waals surface area contributed by atoms with Crippen molar-refractivity contribution >= 4 is 35.2 Å². The molecule has 1 saturated heterocycles. The van der Waals surface area contributed by atoms with Gasteiger partial charge in [-0.3, -0.25) is 14.4 Å². The van der Waals surface area contributed by atoms with Gasteiger partial charge in [-0.15, -0.1) is 16.8 Å². The monoisotopic (exact) mass is 576 g/mol. The number of allylic oxidation sites excluding steroid dienone is 1. The summed E-state index contributed by atoms with van der Waals surface area (Å²) in [4.78, 5) is 40.4. The number of morpholine rings is 1. The van der Waals surface area contributed by atoms with Gasteiger partial charge in [0.05, 0.1) is 25.0 Å². The Hall–Kier alpha value is -3.96. The average molecular weight is 577 g/mol. The number of carbonyl (C=O) groups is 3. The molecule has 10 nitrogen and oxygen atoms in total. The van der Waals surface area contributed by atoms with Crippen molar-refractivity contribution in [2.45, 2.75) is 38.5 Å². The molecule has 1 aromatic heterocycles. The van der Waals surface area contributed by atoms with E-state index in [1.165, 1.54) is 11.8 Å². The highest BCUT2D eigenvalue weighted by molar-refractivity contribution is 7.99. The number of nitrogens with one attached hydrogen (secondary N) is 2. The van der Waals surface area contributed by atoms with E-state index in [1.807, 2.05) is 43.5 Å². The van der Waals surface area contributed by atoms with E-state index in [2.05, 4.69) is 27.4 Å². The van der Waals surface area contributed by atoms with Crippen LogP contribution in [0.5, 0.6) is 0 Å². The third kappa shape index (κ3) is 7.83. The lowest BCUT2D eigenvalue weighted by Gasteiger charge is -2.27. The zero-order valence-corrected chi connectivity index (χ0v) is 24.4. The van der Waals surface area contributed by atoms with E-state index in [9.17, 15) is 14.4 Å². The SMILES string of the molecule is C=CCn1c(SCC(=O)Nc2cccc(C(=O)N3CCOCC3)c2)nnc1[C@H](NC(=O)c1cccc(C)c1)C(C)C. The summed E-state index contributed by atoms with van der Waals surface area (Å²) in [5.74, 6) is 0.192. The van der Waals surface area contributed by atoms with Crippen molar-refractivity contribution in [3.8, 4) is 0 Å². The Morgan fingerprint density at radius 1 is 1.07 bits per heavy atom. The third-order valence-corrected chi connectivity index (χ3v) is 7.56. The lowest BCUT2D eigenvalue weighted by molar-refractivity contribution is -0.113. The maximum atomic E-state index is 13.0. The third-order valence-electron chi connectivity index (χ3n) is 6.59. The molecule has 11 heteroatoms. The van der Waals surface area contributed by atoms with E-state index in [1.54, 1.807) is 41.3 Å². The Bertz CT molecular complexity index is 1400. The van der Waals surface area contributed by atoms with Gasteiger partial charge in [0.2, 0.25) is 5.91 Å². The summed E-state index contributed by atoms with van der Waals surface area (Å²) in [6.45, 7) is 12.4. The van der Waals surface area contributed by atoms with Gasteiger partial charge in [0, 0.05) is 36.4 Å². The number of aryl methyl sites for hydroxylation is 1. The number of rotatable bonds is 11. The van der Waals surface area contributed by atoms with Crippen LogP contribution in [0.2, 0.25) is 0 Å². The van der Waals surface area contributed by atoms with Gasteiger partial charge in [-0.05, 0) is 43.2 Å². The predicted octanol–water partition coefficient (Wildman–Crippen LogP) is 4.10. The first-order valence-corrected chi connectivity index (χ1v) is 14.6. The number of carbonyl (C=O) groups excluding carboxylic acids is 3. The summed E-state index contributed by atoms with van der Waals surface area (Å²) in [6, 6.07) is 13.9. The second-order valence-corrected chi connectivity index (χ2v) is 11.1. The van der Waals surface area contributed by atoms with Crippen molar-refractivity contribution in [1.82, 2.24) is 25.0 Å². The van der Waals surface area contributed by atoms with Crippen LogP contribution in [0.25, 0.3) is 0 Å². The number of hydrogen-bond acceptors (Lipinski definition) is 7. The van der Waals surface area contributed by atoms with Gasteiger partial charge in [0.25, 0.3) is 11.8 Å². The lowest BCUT2D eigenvalue weighted by atomic mass is 10.0. The van der Waals surface area contributed by atoms with Crippen LogP contribution in [0.1, 0.15) is 52.0 Å². The molecule has 3 amide bonds. The minimum atomic E-state index is -0.398. The highest BCUT2D eigenvalue weighted by Gasteiger charge is 2.26. The largest absolute Gasteiger partial charge is 0.378 e. The molecule has 1 aliphatic rings. The summed E-state index contributed by atoms with van der Waals surface area (Å²) >= 11 is 1.24. The summed E-state index contributed by atoms with van der Waals surface area (Å²) in [7, 11) is 0. The number of ether oxygens (including phenoxy) is 1. The number of aromatic nitrogens is 3. The van der Waals surface area contributed by atoms with Gasteiger partial charge in [-0.25, -0.2) is 0 Å².